The van der Waals surface area contributed by atoms with Crippen LogP contribution in [0.25, 0.3) is 22.6 Å². The monoisotopic (exact) mass is 370 g/mol. The molecule has 1 fully saturated rings. The van der Waals surface area contributed by atoms with Gasteiger partial charge >= 0.3 is 0 Å². The van der Waals surface area contributed by atoms with Gasteiger partial charge in [-0.15, -0.1) is 0 Å². The van der Waals surface area contributed by atoms with Crippen LogP contribution in [-0.4, -0.2) is 68.3 Å². The van der Waals surface area contributed by atoms with E-state index in [1.165, 1.54) is 12.8 Å². The van der Waals surface area contributed by atoms with Crippen LogP contribution in [0.15, 0.2) is 17.0 Å². The Morgan fingerprint density at radius 3 is 2.78 bits per heavy atom. The quantitative estimate of drug-likeness (QED) is 0.702. The third-order valence-corrected chi connectivity index (χ3v) is 5.66. The molecule has 3 N–H and O–H groups in total. The lowest BCUT2D eigenvalue weighted by atomic mass is 9.97. The average Bonchev–Trinajstić information content (AvgIpc) is 3.28. The maximum Gasteiger partial charge on any atom is 0.199 e. The molecule has 4 heterocycles. The van der Waals surface area contributed by atoms with Gasteiger partial charge in [-0.2, -0.15) is 0 Å². The van der Waals surface area contributed by atoms with Gasteiger partial charge in [0.2, 0.25) is 0 Å². The maximum atomic E-state index is 5.82. The average molecular weight is 370 g/mol. The van der Waals surface area contributed by atoms with Crippen molar-refractivity contribution in [1.82, 2.24) is 35.1 Å². The first-order valence-corrected chi connectivity index (χ1v) is 9.41. The van der Waals surface area contributed by atoms with Crippen LogP contribution in [-0.2, 0) is 0 Å². The van der Waals surface area contributed by atoms with E-state index in [0.717, 1.165) is 36.1 Å². The largest absolute Gasteiger partial charge is 0.379 e. The number of imidazole rings is 1. The summed E-state index contributed by atoms with van der Waals surface area (Å²) in [7, 11) is 4.41. The lowest BCUT2D eigenvalue weighted by Crippen LogP contribution is -2.43. The topological polar surface area (TPSA) is 113 Å². The summed E-state index contributed by atoms with van der Waals surface area (Å²) in [5, 5.41) is 7.49. The first-order chi connectivity index (χ1) is 13.1. The SMILES string of the molecule is CCC(c1cncc2[nH]c(-c3nonc3N)nc12)N(C)C1CCN(C)CC1. The molecule has 0 aromatic carbocycles. The van der Waals surface area contributed by atoms with Gasteiger partial charge in [-0.1, -0.05) is 6.92 Å². The minimum Gasteiger partial charge on any atom is -0.379 e. The van der Waals surface area contributed by atoms with E-state index in [4.69, 9.17) is 15.3 Å². The summed E-state index contributed by atoms with van der Waals surface area (Å²) in [5.41, 5.74) is 9.12. The summed E-state index contributed by atoms with van der Waals surface area (Å²) in [6, 6.07) is 0.814. The molecule has 0 bridgehead atoms. The molecule has 4 rings (SSSR count). The van der Waals surface area contributed by atoms with Crippen LogP contribution in [0, 0.1) is 0 Å². The molecule has 1 saturated heterocycles. The van der Waals surface area contributed by atoms with Crippen molar-refractivity contribution in [2.45, 2.75) is 38.3 Å². The third kappa shape index (κ3) is 3.28. The number of aromatic nitrogens is 5. The molecule has 0 spiro atoms. The molecule has 1 unspecified atom stereocenters. The van der Waals surface area contributed by atoms with Crippen molar-refractivity contribution < 1.29 is 4.63 Å². The Bertz CT molecular complexity index is 911. The van der Waals surface area contributed by atoms with E-state index in [9.17, 15) is 0 Å². The maximum absolute atomic E-state index is 5.82. The van der Waals surface area contributed by atoms with Gasteiger partial charge in [0.1, 0.15) is 0 Å². The molecule has 0 radical (unpaired) electrons. The number of likely N-dealkylation sites (tertiary alicyclic amines) is 1. The molecule has 144 valence electrons. The summed E-state index contributed by atoms with van der Waals surface area (Å²) in [4.78, 5) is 17.3. The molecule has 27 heavy (non-hydrogen) atoms. The van der Waals surface area contributed by atoms with E-state index in [1.807, 2.05) is 6.20 Å². The molecule has 0 aliphatic carbocycles. The number of nitrogens with two attached hydrogens (primary N) is 1. The standard InChI is InChI=1S/C18H26N8O/c1-4-14(26(3)11-5-7-25(2)8-6-11)12-9-20-10-13-15(12)22-18(21-13)16-17(19)24-27-23-16/h9-11,14H,4-8H2,1-3H3,(H2,19,24)(H,21,22). The van der Waals surface area contributed by atoms with Crippen LogP contribution >= 0.6 is 0 Å². The van der Waals surface area contributed by atoms with Crippen molar-refractivity contribution in [2.24, 2.45) is 0 Å². The summed E-state index contributed by atoms with van der Waals surface area (Å²) >= 11 is 0. The summed E-state index contributed by atoms with van der Waals surface area (Å²) in [6.45, 7) is 4.49. The summed E-state index contributed by atoms with van der Waals surface area (Å²) in [5.74, 6) is 0.772. The van der Waals surface area contributed by atoms with Crippen LogP contribution in [0.4, 0.5) is 5.82 Å². The Morgan fingerprint density at radius 1 is 1.33 bits per heavy atom. The van der Waals surface area contributed by atoms with Crippen molar-refractivity contribution in [1.29, 1.82) is 0 Å². The zero-order chi connectivity index (χ0) is 19.0. The van der Waals surface area contributed by atoms with Gasteiger partial charge in [-0.05, 0) is 56.8 Å². The number of nitrogens with zero attached hydrogens (tertiary/aromatic N) is 6. The highest BCUT2D eigenvalue weighted by Gasteiger charge is 2.28. The fraction of sp³-hybridized carbons (Fsp3) is 0.556. The van der Waals surface area contributed by atoms with E-state index in [1.54, 1.807) is 6.20 Å². The molecule has 9 nitrogen and oxygen atoms in total. The lowest BCUT2D eigenvalue weighted by Gasteiger charge is -2.39. The first-order valence-electron chi connectivity index (χ1n) is 9.41. The number of fused-ring (bicyclic) bond motifs is 1. The van der Waals surface area contributed by atoms with Gasteiger partial charge < -0.3 is 15.6 Å². The fourth-order valence-corrected chi connectivity index (χ4v) is 4.05. The summed E-state index contributed by atoms with van der Waals surface area (Å²) < 4.78 is 4.71. The fourth-order valence-electron chi connectivity index (χ4n) is 4.05. The number of nitrogen functional groups attached to an aromatic ring is 1. The van der Waals surface area contributed by atoms with E-state index in [-0.39, 0.29) is 11.9 Å². The Hall–Kier alpha value is -2.52. The number of aromatic amines is 1. The highest BCUT2D eigenvalue weighted by Crippen LogP contribution is 2.33. The van der Waals surface area contributed by atoms with Crippen LogP contribution in [0.3, 0.4) is 0 Å². The van der Waals surface area contributed by atoms with Crippen LogP contribution in [0.5, 0.6) is 0 Å². The molecule has 1 aliphatic heterocycles. The Balaban J connectivity index is 1.69. The number of hydrogen-bond donors (Lipinski definition) is 2. The van der Waals surface area contributed by atoms with E-state index >= 15 is 0 Å². The highest BCUT2D eigenvalue weighted by molar-refractivity contribution is 5.82. The van der Waals surface area contributed by atoms with Crippen molar-refractivity contribution in [3.63, 3.8) is 0 Å². The molecule has 9 heteroatoms. The van der Waals surface area contributed by atoms with Gasteiger partial charge in [0.05, 0.1) is 17.2 Å². The predicted octanol–water partition coefficient (Wildman–Crippen LogP) is 2.07. The van der Waals surface area contributed by atoms with E-state index in [0.29, 0.717) is 17.6 Å². The first kappa shape index (κ1) is 17.9. The number of nitrogens with one attached hydrogen (secondary N) is 1. The third-order valence-electron chi connectivity index (χ3n) is 5.66. The molecule has 0 amide bonds. The van der Waals surface area contributed by atoms with E-state index < -0.39 is 0 Å². The van der Waals surface area contributed by atoms with Crippen LogP contribution in [0.1, 0.15) is 37.8 Å². The van der Waals surface area contributed by atoms with Gasteiger partial charge in [-0.25, -0.2) is 9.61 Å². The molecule has 0 saturated carbocycles. The number of rotatable bonds is 5. The smallest absolute Gasteiger partial charge is 0.199 e. The predicted molar refractivity (Wildman–Crippen MR) is 103 cm³/mol. The highest BCUT2D eigenvalue weighted by atomic mass is 16.6. The van der Waals surface area contributed by atoms with Gasteiger partial charge in [-0.3, -0.25) is 9.88 Å². The van der Waals surface area contributed by atoms with Crippen molar-refractivity contribution in [3.8, 4) is 11.5 Å². The Kier molecular flexibility index (Phi) is 4.79. The molecule has 1 atom stereocenters. The number of piperidine rings is 1. The van der Waals surface area contributed by atoms with E-state index in [2.05, 4.69) is 51.1 Å². The Morgan fingerprint density at radius 2 is 2.11 bits per heavy atom. The second-order valence-corrected chi connectivity index (χ2v) is 7.33. The molecular weight excluding hydrogens is 344 g/mol. The Labute approximate surface area is 157 Å². The van der Waals surface area contributed by atoms with Gasteiger partial charge in [0.25, 0.3) is 0 Å². The number of pyridine rings is 1. The van der Waals surface area contributed by atoms with Crippen molar-refractivity contribution in [2.75, 3.05) is 32.9 Å². The molecule has 1 aliphatic rings. The zero-order valence-electron chi connectivity index (χ0n) is 16.0. The zero-order valence-corrected chi connectivity index (χ0v) is 16.0. The van der Waals surface area contributed by atoms with Crippen LogP contribution < -0.4 is 5.73 Å². The summed E-state index contributed by atoms with van der Waals surface area (Å²) in [6.07, 6.45) is 7.05. The molecule has 3 aromatic rings. The van der Waals surface area contributed by atoms with Crippen LogP contribution in [0.2, 0.25) is 0 Å². The van der Waals surface area contributed by atoms with Crippen molar-refractivity contribution >= 4 is 16.9 Å². The minimum atomic E-state index is 0.221. The normalized spacial score (nSPS) is 17.8. The second kappa shape index (κ2) is 7.24. The molecule has 3 aromatic heterocycles. The van der Waals surface area contributed by atoms with Crippen molar-refractivity contribution in [3.05, 3.63) is 18.0 Å². The van der Waals surface area contributed by atoms with Gasteiger partial charge in [0, 0.05) is 23.8 Å². The lowest BCUT2D eigenvalue weighted by molar-refractivity contribution is 0.105. The number of H-pyrrole nitrogens is 1. The number of hydrogen-bond acceptors (Lipinski definition) is 8. The van der Waals surface area contributed by atoms with Gasteiger partial charge in [0.15, 0.2) is 17.3 Å². The number of anilines is 1. The second-order valence-electron chi connectivity index (χ2n) is 7.33. The molecular formula is C18H26N8O. The minimum absolute atomic E-state index is 0.221.